The molecule has 1 amide bonds. The molecular formula is C9H9ClFNO3S. The average Bonchev–Trinajstić information content (AvgIpc) is 2.18. The summed E-state index contributed by atoms with van der Waals surface area (Å²) in [4.78, 5) is 10.6. The number of carbonyl (C=O) groups excluding carboxylic acids is 1. The van der Waals surface area contributed by atoms with E-state index in [1.165, 1.54) is 20.0 Å². The van der Waals surface area contributed by atoms with Crippen LogP contribution < -0.4 is 5.32 Å². The number of rotatable bonds is 2. The standard InChI is InChI=1S/C9H9ClFNO3S/c1-5-3-6(9(13)12-2)4-7(8(5)11)16(10,14)15/h3-4H,1-2H3,(H,12,13). The van der Waals surface area contributed by atoms with Crippen molar-refractivity contribution in [3.8, 4) is 0 Å². The van der Waals surface area contributed by atoms with Crippen LogP contribution >= 0.6 is 10.7 Å². The van der Waals surface area contributed by atoms with Crippen molar-refractivity contribution >= 4 is 25.6 Å². The molecule has 0 atom stereocenters. The lowest BCUT2D eigenvalue weighted by Gasteiger charge is -2.06. The van der Waals surface area contributed by atoms with Gasteiger partial charge in [-0.1, -0.05) is 0 Å². The van der Waals surface area contributed by atoms with E-state index in [0.29, 0.717) is 0 Å². The minimum absolute atomic E-state index is 0.0420. The highest BCUT2D eigenvalue weighted by molar-refractivity contribution is 8.13. The van der Waals surface area contributed by atoms with Crippen molar-refractivity contribution in [1.82, 2.24) is 5.32 Å². The molecule has 0 aliphatic rings. The first-order valence-electron chi connectivity index (χ1n) is 4.24. The Bertz CT molecular complexity index is 542. The second-order valence-electron chi connectivity index (χ2n) is 3.12. The number of nitrogens with one attached hydrogen (secondary N) is 1. The molecule has 1 aromatic carbocycles. The van der Waals surface area contributed by atoms with Crippen LogP contribution in [0.15, 0.2) is 17.0 Å². The predicted molar refractivity (Wildman–Crippen MR) is 57.6 cm³/mol. The van der Waals surface area contributed by atoms with Gasteiger partial charge in [-0.3, -0.25) is 4.79 Å². The summed E-state index contributed by atoms with van der Waals surface area (Å²) in [7, 11) is 2.24. The number of carbonyl (C=O) groups is 1. The highest BCUT2D eigenvalue weighted by Gasteiger charge is 2.20. The van der Waals surface area contributed by atoms with Gasteiger partial charge in [0.1, 0.15) is 10.7 Å². The zero-order chi connectivity index (χ0) is 12.5. The zero-order valence-corrected chi connectivity index (χ0v) is 10.1. The van der Waals surface area contributed by atoms with Crippen molar-refractivity contribution in [3.63, 3.8) is 0 Å². The van der Waals surface area contributed by atoms with Crippen LogP contribution in [0.4, 0.5) is 4.39 Å². The van der Waals surface area contributed by atoms with Gasteiger partial charge in [-0.15, -0.1) is 0 Å². The molecule has 0 heterocycles. The van der Waals surface area contributed by atoms with Gasteiger partial charge in [0.25, 0.3) is 15.0 Å². The Kier molecular flexibility index (Phi) is 3.54. The van der Waals surface area contributed by atoms with Gasteiger partial charge in [0.2, 0.25) is 0 Å². The van der Waals surface area contributed by atoms with E-state index in [9.17, 15) is 17.6 Å². The van der Waals surface area contributed by atoms with Gasteiger partial charge in [-0.05, 0) is 24.6 Å². The molecule has 0 aliphatic carbocycles. The van der Waals surface area contributed by atoms with Crippen LogP contribution in [0.25, 0.3) is 0 Å². The molecule has 1 N–H and O–H groups in total. The van der Waals surface area contributed by atoms with Gasteiger partial charge in [-0.2, -0.15) is 0 Å². The molecule has 0 radical (unpaired) electrons. The van der Waals surface area contributed by atoms with Crippen LogP contribution in [0.2, 0.25) is 0 Å². The second kappa shape index (κ2) is 4.39. The molecule has 0 unspecified atom stereocenters. The van der Waals surface area contributed by atoms with E-state index in [2.05, 4.69) is 5.32 Å². The maximum Gasteiger partial charge on any atom is 0.264 e. The maximum atomic E-state index is 13.4. The van der Waals surface area contributed by atoms with E-state index < -0.39 is 25.7 Å². The molecule has 7 heteroatoms. The van der Waals surface area contributed by atoms with Crippen molar-refractivity contribution < 1.29 is 17.6 Å². The normalized spacial score (nSPS) is 11.2. The monoisotopic (exact) mass is 265 g/mol. The first kappa shape index (κ1) is 12.9. The fraction of sp³-hybridized carbons (Fsp3) is 0.222. The van der Waals surface area contributed by atoms with Crippen LogP contribution in [0.1, 0.15) is 15.9 Å². The van der Waals surface area contributed by atoms with Gasteiger partial charge in [-0.25, -0.2) is 12.8 Å². The number of amides is 1. The smallest absolute Gasteiger partial charge is 0.264 e. The van der Waals surface area contributed by atoms with Crippen molar-refractivity contribution in [2.75, 3.05) is 7.05 Å². The summed E-state index contributed by atoms with van der Waals surface area (Å²) in [5.41, 5.74) is 0.0842. The average molecular weight is 266 g/mol. The SMILES string of the molecule is CNC(=O)c1cc(C)c(F)c(S(=O)(=O)Cl)c1. The van der Waals surface area contributed by atoms with Crippen LogP contribution in [-0.2, 0) is 9.05 Å². The van der Waals surface area contributed by atoms with E-state index in [0.717, 1.165) is 6.07 Å². The van der Waals surface area contributed by atoms with Gasteiger partial charge < -0.3 is 5.32 Å². The summed E-state index contributed by atoms with van der Waals surface area (Å²) in [5.74, 6) is -1.45. The molecule has 1 aromatic rings. The molecule has 4 nitrogen and oxygen atoms in total. The third-order valence-corrected chi connectivity index (χ3v) is 3.29. The van der Waals surface area contributed by atoms with Crippen molar-refractivity contribution in [3.05, 3.63) is 29.1 Å². The second-order valence-corrected chi connectivity index (χ2v) is 5.66. The Balaban J connectivity index is 3.52. The molecule has 0 bridgehead atoms. The number of hydrogen-bond donors (Lipinski definition) is 1. The van der Waals surface area contributed by atoms with Crippen molar-refractivity contribution in [2.24, 2.45) is 0 Å². The van der Waals surface area contributed by atoms with Gasteiger partial charge in [0, 0.05) is 23.3 Å². The van der Waals surface area contributed by atoms with Crippen molar-refractivity contribution in [1.29, 1.82) is 0 Å². The molecule has 0 saturated heterocycles. The van der Waals surface area contributed by atoms with E-state index in [4.69, 9.17) is 10.7 Å². The summed E-state index contributed by atoms with van der Waals surface area (Å²) >= 11 is 0. The predicted octanol–water partition coefficient (Wildman–Crippen LogP) is 1.42. The van der Waals surface area contributed by atoms with E-state index >= 15 is 0 Å². The molecule has 0 saturated carbocycles. The summed E-state index contributed by atoms with van der Waals surface area (Å²) in [6.07, 6.45) is 0. The summed E-state index contributed by atoms with van der Waals surface area (Å²) in [6.45, 7) is 1.35. The molecule has 0 aliphatic heterocycles. The lowest BCUT2D eigenvalue weighted by Crippen LogP contribution is -2.18. The van der Waals surface area contributed by atoms with Crippen LogP contribution in [-0.4, -0.2) is 21.4 Å². The van der Waals surface area contributed by atoms with Crippen LogP contribution in [0, 0.1) is 12.7 Å². The lowest BCUT2D eigenvalue weighted by atomic mass is 10.1. The maximum absolute atomic E-state index is 13.4. The fourth-order valence-corrected chi connectivity index (χ4v) is 2.17. The minimum Gasteiger partial charge on any atom is -0.355 e. The molecule has 0 aromatic heterocycles. The minimum atomic E-state index is -4.20. The highest BCUT2D eigenvalue weighted by Crippen LogP contribution is 2.23. The van der Waals surface area contributed by atoms with Gasteiger partial charge in [0.15, 0.2) is 0 Å². The Morgan fingerprint density at radius 2 is 2.00 bits per heavy atom. The first-order valence-corrected chi connectivity index (χ1v) is 6.55. The topological polar surface area (TPSA) is 63.2 Å². The third-order valence-electron chi connectivity index (χ3n) is 1.97. The number of halogens is 2. The summed E-state index contributed by atoms with van der Waals surface area (Å²) in [5, 5.41) is 2.31. The number of benzene rings is 1. The molecule has 0 fully saturated rings. The number of aryl methyl sites for hydroxylation is 1. The van der Waals surface area contributed by atoms with Gasteiger partial charge in [0.05, 0.1) is 0 Å². The summed E-state index contributed by atoms with van der Waals surface area (Å²) in [6, 6.07) is 2.16. The Morgan fingerprint density at radius 3 is 2.44 bits per heavy atom. The molecule has 1 rings (SSSR count). The lowest BCUT2D eigenvalue weighted by molar-refractivity contribution is 0.0962. The molecule has 0 spiro atoms. The molecule has 16 heavy (non-hydrogen) atoms. The zero-order valence-electron chi connectivity index (χ0n) is 8.54. The van der Waals surface area contributed by atoms with E-state index in [-0.39, 0.29) is 11.1 Å². The first-order chi connectivity index (χ1) is 7.27. The Labute approximate surface area is 96.8 Å². The fourth-order valence-electron chi connectivity index (χ4n) is 1.19. The van der Waals surface area contributed by atoms with E-state index in [1.807, 2.05) is 0 Å². The number of hydrogen-bond acceptors (Lipinski definition) is 3. The van der Waals surface area contributed by atoms with E-state index in [1.54, 1.807) is 0 Å². The highest BCUT2D eigenvalue weighted by atomic mass is 35.7. The van der Waals surface area contributed by atoms with Gasteiger partial charge >= 0.3 is 0 Å². The van der Waals surface area contributed by atoms with Crippen molar-refractivity contribution in [2.45, 2.75) is 11.8 Å². The van der Waals surface area contributed by atoms with Crippen LogP contribution in [0.5, 0.6) is 0 Å². The Hall–Kier alpha value is -1.14. The summed E-state index contributed by atoms with van der Waals surface area (Å²) < 4.78 is 35.6. The molecular weight excluding hydrogens is 257 g/mol. The molecule has 88 valence electrons. The largest absolute Gasteiger partial charge is 0.355 e. The third kappa shape index (κ3) is 2.51. The Morgan fingerprint density at radius 1 is 1.44 bits per heavy atom. The van der Waals surface area contributed by atoms with Crippen LogP contribution in [0.3, 0.4) is 0 Å². The quantitative estimate of drug-likeness (QED) is 0.823.